The highest BCUT2D eigenvalue weighted by atomic mass is 16.5. The fraction of sp³-hybridized carbons (Fsp3) is 0.357. The normalized spacial score (nSPS) is 10.6. The summed E-state index contributed by atoms with van der Waals surface area (Å²) in [6.45, 7) is 6.83. The Balaban J connectivity index is 2.33. The third kappa shape index (κ3) is 2.47. The zero-order valence-corrected chi connectivity index (χ0v) is 11.1. The minimum atomic E-state index is 0.616. The number of nitrogens with zero attached hydrogens (tertiary/aromatic N) is 2. The van der Waals surface area contributed by atoms with Gasteiger partial charge >= 0.3 is 0 Å². The number of rotatable bonds is 4. The third-order valence-corrected chi connectivity index (χ3v) is 2.76. The van der Waals surface area contributed by atoms with E-state index >= 15 is 0 Å². The lowest BCUT2D eigenvalue weighted by atomic mass is 10.2. The molecule has 0 saturated carbocycles. The zero-order valence-electron chi connectivity index (χ0n) is 11.1. The Hall–Kier alpha value is -1.97. The van der Waals surface area contributed by atoms with Crippen molar-refractivity contribution in [3.63, 3.8) is 0 Å². The van der Waals surface area contributed by atoms with Crippen LogP contribution < -0.4 is 10.5 Å². The topological polar surface area (TPSA) is 53.1 Å². The molecule has 0 aliphatic carbocycles. The van der Waals surface area contributed by atoms with E-state index in [1.807, 2.05) is 42.8 Å². The number of nitrogen functional groups attached to an aromatic ring is 1. The van der Waals surface area contributed by atoms with Gasteiger partial charge in [-0.1, -0.05) is 19.1 Å². The number of benzene rings is 1. The zero-order chi connectivity index (χ0) is 13.1. The van der Waals surface area contributed by atoms with Crippen LogP contribution >= 0.6 is 0 Å². The minimum absolute atomic E-state index is 0.616. The Bertz CT molecular complexity index is 546. The summed E-state index contributed by atoms with van der Waals surface area (Å²) in [5, 5.41) is 4.39. The van der Waals surface area contributed by atoms with Gasteiger partial charge in [-0.25, -0.2) is 4.68 Å². The van der Waals surface area contributed by atoms with Crippen molar-refractivity contribution >= 4 is 5.69 Å². The van der Waals surface area contributed by atoms with Gasteiger partial charge in [0, 0.05) is 6.54 Å². The Morgan fingerprint density at radius 3 is 2.78 bits per heavy atom. The molecule has 1 aromatic carbocycles. The molecule has 0 amide bonds. The van der Waals surface area contributed by atoms with Gasteiger partial charge in [0.1, 0.15) is 11.4 Å². The van der Waals surface area contributed by atoms with Crippen LogP contribution in [-0.2, 0) is 6.54 Å². The Morgan fingerprint density at radius 1 is 1.33 bits per heavy atom. The molecule has 0 aliphatic heterocycles. The summed E-state index contributed by atoms with van der Waals surface area (Å²) in [7, 11) is 0. The monoisotopic (exact) mass is 245 g/mol. The van der Waals surface area contributed by atoms with Crippen LogP contribution in [-0.4, -0.2) is 9.78 Å². The van der Waals surface area contributed by atoms with E-state index in [1.54, 1.807) is 0 Å². The number of aryl methyl sites for hydroxylation is 3. The second-order valence-corrected chi connectivity index (χ2v) is 4.45. The fourth-order valence-electron chi connectivity index (χ4n) is 1.84. The van der Waals surface area contributed by atoms with E-state index in [1.165, 1.54) is 0 Å². The Labute approximate surface area is 107 Å². The van der Waals surface area contributed by atoms with Gasteiger partial charge in [0.15, 0.2) is 0 Å². The van der Waals surface area contributed by atoms with Crippen LogP contribution in [0.4, 0.5) is 5.69 Å². The Morgan fingerprint density at radius 2 is 2.11 bits per heavy atom. The highest BCUT2D eigenvalue weighted by molar-refractivity contribution is 5.54. The minimum Gasteiger partial charge on any atom is -0.437 e. The van der Waals surface area contributed by atoms with Gasteiger partial charge in [0.05, 0.1) is 5.69 Å². The molecule has 0 atom stereocenters. The molecule has 2 aromatic rings. The largest absolute Gasteiger partial charge is 0.437 e. The van der Waals surface area contributed by atoms with Gasteiger partial charge in [-0.05, 0) is 38.0 Å². The lowest BCUT2D eigenvalue weighted by molar-refractivity contribution is 0.410. The molecule has 0 unspecified atom stereocenters. The van der Waals surface area contributed by atoms with Crippen molar-refractivity contribution in [2.24, 2.45) is 0 Å². The average Bonchev–Trinajstić information content (AvgIpc) is 2.58. The van der Waals surface area contributed by atoms with Crippen molar-refractivity contribution in [2.45, 2.75) is 33.7 Å². The maximum absolute atomic E-state index is 6.01. The molecule has 0 aliphatic rings. The number of aromatic nitrogens is 2. The molecule has 0 saturated heterocycles. The lowest BCUT2D eigenvalue weighted by Gasteiger charge is -2.09. The third-order valence-electron chi connectivity index (χ3n) is 2.76. The van der Waals surface area contributed by atoms with Crippen molar-refractivity contribution in [2.75, 3.05) is 5.73 Å². The molecule has 2 N–H and O–H groups in total. The molecule has 2 rings (SSSR count). The van der Waals surface area contributed by atoms with Gasteiger partial charge in [0.25, 0.3) is 0 Å². The highest BCUT2D eigenvalue weighted by Crippen LogP contribution is 2.30. The summed E-state index contributed by atoms with van der Waals surface area (Å²) in [4.78, 5) is 0. The standard InChI is InChI=1S/C14H19N3O/c1-4-8-17-14(13(15)11(3)16-17)18-12-7-5-6-10(2)9-12/h5-7,9H,4,8,15H2,1-3H3. The van der Waals surface area contributed by atoms with E-state index in [0.717, 1.165) is 30.0 Å². The first-order valence-electron chi connectivity index (χ1n) is 6.19. The second-order valence-electron chi connectivity index (χ2n) is 4.45. The smallest absolute Gasteiger partial charge is 0.241 e. The van der Waals surface area contributed by atoms with Crippen LogP contribution in [0.15, 0.2) is 24.3 Å². The SMILES string of the molecule is CCCn1nc(C)c(N)c1Oc1cccc(C)c1. The van der Waals surface area contributed by atoms with Gasteiger partial charge in [-0.3, -0.25) is 0 Å². The summed E-state index contributed by atoms with van der Waals surface area (Å²) >= 11 is 0. The van der Waals surface area contributed by atoms with Crippen LogP contribution in [0, 0.1) is 13.8 Å². The molecule has 1 heterocycles. The van der Waals surface area contributed by atoms with Crippen LogP contribution in [0.3, 0.4) is 0 Å². The highest BCUT2D eigenvalue weighted by Gasteiger charge is 2.14. The van der Waals surface area contributed by atoms with E-state index < -0.39 is 0 Å². The summed E-state index contributed by atoms with van der Waals surface area (Å²) in [5.41, 5.74) is 8.59. The number of ether oxygens (including phenoxy) is 1. The molecule has 0 spiro atoms. The number of hydrogen-bond donors (Lipinski definition) is 1. The fourth-order valence-corrected chi connectivity index (χ4v) is 1.84. The van der Waals surface area contributed by atoms with Crippen LogP contribution in [0.25, 0.3) is 0 Å². The van der Waals surface area contributed by atoms with Crippen LogP contribution in [0.1, 0.15) is 24.6 Å². The summed E-state index contributed by atoms with van der Waals surface area (Å²) in [6, 6.07) is 7.90. The summed E-state index contributed by atoms with van der Waals surface area (Å²) in [5.74, 6) is 1.43. The second kappa shape index (κ2) is 5.12. The number of anilines is 1. The van der Waals surface area contributed by atoms with Gasteiger partial charge in [0.2, 0.25) is 5.88 Å². The van der Waals surface area contributed by atoms with E-state index in [9.17, 15) is 0 Å². The summed E-state index contributed by atoms with van der Waals surface area (Å²) < 4.78 is 7.70. The first-order valence-corrected chi connectivity index (χ1v) is 6.19. The van der Waals surface area contributed by atoms with Crippen molar-refractivity contribution in [1.29, 1.82) is 0 Å². The lowest BCUT2D eigenvalue weighted by Crippen LogP contribution is -2.02. The van der Waals surface area contributed by atoms with E-state index in [0.29, 0.717) is 11.6 Å². The van der Waals surface area contributed by atoms with Crippen molar-refractivity contribution in [3.8, 4) is 11.6 Å². The molecule has 0 radical (unpaired) electrons. The molecule has 1 aromatic heterocycles. The molecular weight excluding hydrogens is 226 g/mol. The van der Waals surface area contributed by atoms with E-state index in [2.05, 4.69) is 12.0 Å². The quantitative estimate of drug-likeness (QED) is 0.899. The van der Waals surface area contributed by atoms with Crippen LogP contribution in [0.5, 0.6) is 11.6 Å². The van der Waals surface area contributed by atoms with Gasteiger partial charge < -0.3 is 10.5 Å². The first-order chi connectivity index (χ1) is 8.61. The van der Waals surface area contributed by atoms with Crippen molar-refractivity contribution < 1.29 is 4.74 Å². The predicted octanol–water partition coefficient (Wildman–Crippen LogP) is 3.28. The number of hydrogen-bond acceptors (Lipinski definition) is 3. The Kier molecular flexibility index (Phi) is 3.55. The molecule has 4 nitrogen and oxygen atoms in total. The average molecular weight is 245 g/mol. The van der Waals surface area contributed by atoms with E-state index in [4.69, 9.17) is 10.5 Å². The maximum atomic E-state index is 6.01. The molecule has 18 heavy (non-hydrogen) atoms. The number of nitrogens with two attached hydrogens (primary N) is 1. The first kappa shape index (κ1) is 12.5. The molecule has 4 heteroatoms. The predicted molar refractivity (Wildman–Crippen MR) is 72.9 cm³/mol. The molecule has 96 valence electrons. The van der Waals surface area contributed by atoms with Gasteiger partial charge in [-0.2, -0.15) is 5.10 Å². The summed E-state index contributed by atoms with van der Waals surface area (Å²) in [6.07, 6.45) is 0.991. The van der Waals surface area contributed by atoms with Crippen molar-refractivity contribution in [3.05, 3.63) is 35.5 Å². The molecule has 0 fully saturated rings. The van der Waals surface area contributed by atoms with Crippen molar-refractivity contribution in [1.82, 2.24) is 9.78 Å². The van der Waals surface area contributed by atoms with E-state index in [-0.39, 0.29) is 0 Å². The van der Waals surface area contributed by atoms with Crippen LogP contribution in [0.2, 0.25) is 0 Å². The maximum Gasteiger partial charge on any atom is 0.241 e. The molecular formula is C14H19N3O. The molecule has 0 bridgehead atoms. The van der Waals surface area contributed by atoms with Gasteiger partial charge in [-0.15, -0.1) is 0 Å².